The van der Waals surface area contributed by atoms with Crippen molar-refractivity contribution in [2.45, 2.75) is 45.6 Å². The van der Waals surface area contributed by atoms with Gasteiger partial charge in [-0.1, -0.05) is 19.9 Å². The van der Waals surface area contributed by atoms with Crippen LogP contribution in [0.15, 0.2) is 12.1 Å². The number of hydrogen-bond acceptors (Lipinski definition) is 3. The van der Waals surface area contributed by atoms with E-state index in [9.17, 15) is 5.11 Å². The highest BCUT2D eigenvalue weighted by Gasteiger charge is 2.31. The number of aliphatic hydroxyl groups excluding tert-OH is 1. The van der Waals surface area contributed by atoms with Gasteiger partial charge in [0.05, 0.1) is 0 Å². The van der Waals surface area contributed by atoms with E-state index in [1.165, 1.54) is 11.1 Å². The fourth-order valence-electron chi connectivity index (χ4n) is 3.19. The molecule has 3 atom stereocenters. The Kier molecular flexibility index (Phi) is 4.48. The molecule has 0 saturated carbocycles. The van der Waals surface area contributed by atoms with Crippen LogP contribution >= 0.6 is 0 Å². The Balaban J connectivity index is 2.13. The lowest BCUT2D eigenvalue weighted by Crippen LogP contribution is -2.25. The smallest absolute Gasteiger partial charge is 0.120 e. The summed E-state index contributed by atoms with van der Waals surface area (Å²) in [5.41, 5.74) is 3.67. The van der Waals surface area contributed by atoms with Gasteiger partial charge in [-0.05, 0) is 55.3 Å². The monoisotopic (exact) mass is 263 g/mol. The summed E-state index contributed by atoms with van der Waals surface area (Å²) in [5, 5.41) is 22.6. The standard InChI is InChI=1S/C16H25NO2/c1-10(6-7-18)9-17-13-8-12(3)15-11(2)4-5-14(19)16(13)15/h4-5,10,12-13,17-19H,6-9H2,1-3H3. The van der Waals surface area contributed by atoms with Crippen molar-refractivity contribution in [3.63, 3.8) is 0 Å². The molecule has 1 aromatic carbocycles. The van der Waals surface area contributed by atoms with E-state index in [1.54, 1.807) is 6.07 Å². The Morgan fingerprint density at radius 3 is 2.79 bits per heavy atom. The van der Waals surface area contributed by atoms with E-state index < -0.39 is 0 Å². The van der Waals surface area contributed by atoms with E-state index in [0.717, 1.165) is 24.9 Å². The third-order valence-electron chi connectivity index (χ3n) is 4.25. The molecular weight excluding hydrogens is 238 g/mol. The molecule has 3 heteroatoms. The molecule has 106 valence electrons. The number of rotatable bonds is 5. The number of aromatic hydroxyl groups is 1. The van der Waals surface area contributed by atoms with Gasteiger partial charge in [-0.2, -0.15) is 0 Å². The Labute approximate surface area is 115 Å². The second-order valence-corrected chi connectivity index (χ2v) is 5.94. The number of benzene rings is 1. The molecule has 0 radical (unpaired) electrons. The van der Waals surface area contributed by atoms with Crippen LogP contribution in [0.2, 0.25) is 0 Å². The molecule has 0 aliphatic heterocycles. The molecule has 3 N–H and O–H groups in total. The third kappa shape index (κ3) is 2.93. The molecule has 2 rings (SSSR count). The predicted molar refractivity (Wildman–Crippen MR) is 77.5 cm³/mol. The van der Waals surface area contributed by atoms with Crippen LogP contribution in [0.5, 0.6) is 5.75 Å². The number of nitrogens with one attached hydrogen (secondary N) is 1. The van der Waals surface area contributed by atoms with Gasteiger partial charge in [0, 0.05) is 18.2 Å². The lowest BCUT2D eigenvalue weighted by atomic mass is 9.97. The molecule has 3 unspecified atom stereocenters. The Hall–Kier alpha value is -1.06. The molecule has 1 aliphatic carbocycles. The molecule has 19 heavy (non-hydrogen) atoms. The van der Waals surface area contributed by atoms with Crippen molar-refractivity contribution in [2.24, 2.45) is 5.92 Å². The minimum atomic E-state index is 0.241. The first-order valence-corrected chi connectivity index (χ1v) is 7.21. The number of aliphatic hydroxyl groups is 1. The van der Waals surface area contributed by atoms with Crippen LogP contribution in [0.25, 0.3) is 0 Å². The van der Waals surface area contributed by atoms with Gasteiger partial charge in [0.25, 0.3) is 0 Å². The van der Waals surface area contributed by atoms with Crippen LogP contribution in [0.1, 0.15) is 55.3 Å². The largest absolute Gasteiger partial charge is 0.508 e. The Morgan fingerprint density at radius 2 is 2.11 bits per heavy atom. The van der Waals surface area contributed by atoms with Crippen molar-refractivity contribution >= 4 is 0 Å². The van der Waals surface area contributed by atoms with Crippen LogP contribution in [-0.4, -0.2) is 23.4 Å². The van der Waals surface area contributed by atoms with Gasteiger partial charge in [0.2, 0.25) is 0 Å². The number of hydrogen-bond donors (Lipinski definition) is 3. The van der Waals surface area contributed by atoms with Crippen molar-refractivity contribution in [1.29, 1.82) is 0 Å². The number of fused-ring (bicyclic) bond motifs is 1. The van der Waals surface area contributed by atoms with Crippen LogP contribution in [0.3, 0.4) is 0 Å². The molecule has 1 aromatic rings. The first-order valence-electron chi connectivity index (χ1n) is 7.21. The summed E-state index contributed by atoms with van der Waals surface area (Å²) >= 11 is 0. The average molecular weight is 263 g/mol. The number of phenols is 1. The molecule has 0 aromatic heterocycles. The maximum Gasteiger partial charge on any atom is 0.120 e. The van der Waals surface area contributed by atoms with E-state index in [0.29, 0.717) is 17.6 Å². The normalized spacial score (nSPS) is 23.4. The van der Waals surface area contributed by atoms with Crippen molar-refractivity contribution in [1.82, 2.24) is 5.32 Å². The summed E-state index contributed by atoms with van der Waals surface area (Å²) in [6, 6.07) is 4.05. The number of aryl methyl sites for hydroxylation is 1. The minimum Gasteiger partial charge on any atom is -0.508 e. The molecule has 0 spiro atoms. The quantitative estimate of drug-likeness (QED) is 0.765. The van der Waals surface area contributed by atoms with E-state index in [2.05, 4.69) is 26.1 Å². The van der Waals surface area contributed by atoms with E-state index in [4.69, 9.17) is 5.11 Å². The summed E-state index contributed by atoms with van der Waals surface area (Å²) < 4.78 is 0. The highest BCUT2D eigenvalue weighted by Crippen LogP contribution is 2.45. The second kappa shape index (κ2) is 5.93. The van der Waals surface area contributed by atoms with Crippen molar-refractivity contribution in [3.05, 3.63) is 28.8 Å². The molecule has 0 heterocycles. The summed E-state index contributed by atoms with van der Waals surface area (Å²) in [4.78, 5) is 0. The van der Waals surface area contributed by atoms with Gasteiger partial charge >= 0.3 is 0 Å². The van der Waals surface area contributed by atoms with E-state index >= 15 is 0 Å². The lowest BCUT2D eigenvalue weighted by Gasteiger charge is -2.18. The van der Waals surface area contributed by atoms with E-state index in [-0.39, 0.29) is 12.6 Å². The zero-order chi connectivity index (χ0) is 14.0. The van der Waals surface area contributed by atoms with Gasteiger partial charge in [-0.15, -0.1) is 0 Å². The first kappa shape index (κ1) is 14.4. The van der Waals surface area contributed by atoms with Crippen LogP contribution in [0.4, 0.5) is 0 Å². The number of phenolic OH excluding ortho intramolecular Hbond substituents is 1. The summed E-state index contributed by atoms with van der Waals surface area (Å²) in [6.07, 6.45) is 1.86. The zero-order valence-electron chi connectivity index (χ0n) is 12.1. The zero-order valence-corrected chi connectivity index (χ0v) is 12.1. The maximum absolute atomic E-state index is 10.1. The van der Waals surface area contributed by atoms with E-state index in [1.807, 2.05) is 6.07 Å². The van der Waals surface area contributed by atoms with Crippen molar-refractivity contribution in [3.8, 4) is 5.75 Å². The Bertz CT molecular complexity index is 445. The van der Waals surface area contributed by atoms with Crippen LogP contribution < -0.4 is 5.32 Å². The molecule has 0 amide bonds. The summed E-state index contributed by atoms with van der Waals surface area (Å²) in [6.45, 7) is 7.60. The summed E-state index contributed by atoms with van der Waals surface area (Å²) in [5.74, 6) is 1.36. The first-order chi connectivity index (χ1) is 9.04. The van der Waals surface area contributed by atoms with Gasteiger partial charge in [0.1, 0.15) is 5.75 Å². The summed E-state index contributed by atoms with van der Waals surface area (Å²) in [7, 11) is 0. The average Bonchev–Trinajstić information content (AvgIpc) is 2.70. The van der Waals surface area contributed by atoms with Crippen molar-refractivity contribution in [2.75, 3.05) is 13.2 Å². The topological polar surface area (TPSA) is 52.5 Å². The fraction of sp³-hybridized carbons (Fsp3) is 0.625. The Morgan fingerprint density at radius 1 is 1.37 bits per heavy atom. The fourth-order valence-corrected chi connectivity index (χ4v) is 3.19. The van der Waals surface area contributed by atoms with Gasteiger partial charge in [-0.25, -0.2) is 0 Å². The highest BCUT2D eigenvalue weighted by molar-refractivity contribution is 5.50. The van der Waals surface area contributed by atoms with Crippen LogP contribution in [-0.2, 0) is 0 Å². The molecule has 0 bridgehead atoms. The minimum absolute atomic E-state index is 0.241. The SMILES string of the molecule is Cc1ccc(O)c2c1C(C)CC2NCC(C)CCO. The third-order valence-corrected chi connectivity index (χ3v) is 4.25. The highest BCUT2D eigenvalue weighted by atomic mass is 16.3. The predicted octanol–water partition coefficient (Wildman–Crippen LogP) is 2.86. The van der Waals surface area contributed by atoms with Crippen LogP contribution in [0, 0.1) is 12.8 Å². The second-order valence-electron chi connectivity index (χ2n) is 5.94. The molecule has 0 fully saturated rings. The van der Waals surface area contributed by atoms with Gasteiger partial charge in [-0.3, -0.25) is 0 Å². The van der Waals surface area contributed by atoms with Gasteiger partial charge in [0.15, 0.2) is 0 Å². The van der Waals surface area contributed by atoms with Crippen molar-refractivity contribution < 1.29 is 10.2 Å². The molecule has 0 saturated heterocycles. The lowest BCUT2D eigenvalue weighted by molar-refractivity contribution is 0.257. The van der Waals surface area contributed by atoms with Gasteiger partial charge < -0.3 is 15.5 Å². The molecule has 3 nitrogen and oxygen atoms in total. The molecule has 1 aliphatic rings. The molecular formula is C16H25NO2. The maximum atomic E-state index is 10.1.